The van der Waals surface area contributed by atoms with Crippen molar-refractivity contribution in [2.24, 2.45) is 5.92 Å². The summed E-state index contributed by atoms with van der Waals surface area (Å²) in [4.78, 5) is 10.9. The fourth-order valence-corrected chi connectivity index (χ4v) is 1.98. The molecule has 0 saturated carbocycles. The SMILES string of the molecule is Cc1cc(C=O)cc(C2=CC=CC(C)C=C2)c1O. The van der Waals surface area contributed by atoms with Crippen molar-refractivity contribution in [1.29, 1.82) is 0 Å². The number of carbonyl (C=O) groups is 1. The largest absolute Gasteiger partial charge is 0.507 e. The molecule has 0 amide bonds. The normalized spacial score (nSPS) is 18.3. The first kappa shape index (κ1) is 12.4. The molecular formula is C16H16O2. The van der Waals surface area contributed by atoms with Crippen LogP contribution in [0, 0.1) is 12.8 Å². The molecule has 0 radical (unpaired) electrons. The van der Waals surface area contributed by atoms with Gasteiger partial charge in [0.1, 0.15) is 12.0 Å². The van der Waals surface area contributed by atoms with E-state index in [0.717, 1.165) is 11.9 Å². The quantitative estimate of drug-likeness (QED) is 0.801. The predicted octanol–water partition coefficient (Wildman–Crippen LogP) is 3.66. The van der Waals surface area contributed by atoms with Gasteiger partial charge in [0.15, 0.2) is 0 Å². The summed E-state index contributed by atoms with van der Waals surface area (Å²) in [6.07, 6.45) is 10.9. The lowest BCUT2D eigenvalue weighted by molar-refractivity contribution is 0.112. The van der Waals surface area contributed by atoms with Gasteiger partial charge in [-0.15, -0.1) is 0 Å². The van der Waals surface area contributed by atoms with Gasteiger partial charge in [-0.2, -0.15) is 0 Å². The number of phenolic OH excluding ortho intramolecular Hbond substituents is 1. The Kier molecular flexibility index (Phi) is 3.47. The Bertz CT molecular complexity index is 563. The van der Waals surface area contributed by atoms with Crippen LogP contribution in [0.25, 0.3) is 5.57 Å². The van der Waals surface area contributed by atoms with E-state index in [-0.39, 0.29) is 5.75 Å². The van der Waals surface area contributed by atoms with Gasteiger partial charge in [-0.25, -0.2) is 0 Å². The zero-order valence-corrected chi connectivity index (χ0v) is 10.6. The average Bonchev–Trinajstić information content (AvgIpc) is 2.57. The second-order valence-corrected chi connectivity index (χ2v) is 4.58. The van der Waals surface area contributed by atoms with Gasteiger partial charge in [0.2, 0.25) is 0 Å². The number of benzene rings is 1. The van der Waals surface area contributed by atoms with E-state index >= 15 is 0 Å². The van der Waals surface area contributed by atoms with Crippen LogP contribution < -0.4 is 0 Å². The van der Waals surface area contributed by atoms with E-state index in [9.17, 15) is 9.90 Å². The van der Waals surface area contributed by atoms with E-state index in [0.29, 0.717) is 22.6 Å². The molecule has 1 aromatic carbocycles. The lowest BCUT2D eigenvalue weighted by Crippen LogP contribution is -1.90. The highest BCUT2D eigenvalue weighted by Gasteiger charge is 2.10. The van der Waals surface area contributed by atoms with Crippen molar-refractivity contribution in [2.45, 2.75) is 13.8 Å². The number of aromatic hydroxyl groups is 1. The van der Waals surface area contributed by atoms with Crippen LogP contribution >= 0.6 is 0 Å². The standard InChI is InChI=1S/C16H16O2/c1-11-4-3-5-14(7-6-11)15-9-13(10-17)8-12(2)16(15)18/h3-11,18H,1-2H3. The first-order chi connectivity index (χ1) is 8.61. The van der Waals surface area contributed by atoms with Crippen LogP contribution in [-0.2, 0) is 0 Å². The highest BCUT2D eigenvalue weighted by atomic mass is 16.3. The van der Waals surface area contributed by atoms with Crippen LogP contribution in [-0.4, -0.2) is 11.4 Å². The van der Waals surface area contributed by atoms with Gasteiger partial charge in [0.25, 0.3) is 0 Å². The third-order valence-electron chi connectivity index (χ3n) is 3.04. The van der Waals surface area contributed by atoms with E-state index in [2.05, 4.69) is 19.1 Å². The molecule has 0 fully saturated rings. The fourth-order valence-electron chi connectivity index (χ4n) is 1.98. The molecule has 1 aliphatic carbocycles. The first-order valence-corrected chi connectivity index (χ1v) is 5.97. The molecule has 2 rings (SSSR count). The smallest absolute Gasteiger partial charge is 0.150 e. The maximum atomic E-state index is 10.9. The molecular weight excluding hydrogens is 224 g/mol. The van der Waals surface area contributed by atoms with Crippen LogP contribution in [0.15, 0.2) is 42.5 Å². The minimum absolute atomic E-state index is 0.236. The zero-order chi connectivity index (χ0) is 13.1. The molecule has 1 unspecified atom stereocenters. The lowest BCUT2D eigenvalue weighted by atomic mass is 9.98. The van der Waals surface area contributed by atoms with Gasteiger partial charge in [-0.05, 0) is 36.1 Å². The number of rotatable bonds is 2. The second-order valence-electron chi connectivity index (χ2n) is 4.58. The lowest BCUT2D eigenvalue weighted by Gasteiger charge is -2.09. The average molecular weight is 240 g/mol. The van der Waals surface area contributed by atoms with Crippen LogP contribution in [0.2, 0.25) is 0 Å². The van der Waals surface area contributed by atoms with Crippen LogP contribution in [0.3, 0.4) is 0 Å². The van der Waals surface area contributed by atoms with Crippen LogP contribution in [0.4, 0.5) is 0 Å². The minimum atomic E-state index is 0.236. The van der Waals surface area contributed by atoms with Crippen LogP contribution in [0.5, 0.6) is 5.75 Å². The Morgan fingerprint density at radius 3 is 2.78 bits per heavy atom. The second kappa shape index (κ2) is 5.05. The predicted molar refractivity (Wildman–Crippen MR) is 73.7 cm³/mol. The molecule has 0 bridgehead atoms. The third-order valence-corrected chi connectivity index (χ3v) is 3.04. The van der Waals surface area contributed by atoms with Crippen molar-refractivity contribution in [2.75, 3.05) is 0 Å². The number of phenols is 1. The van der Waals surface area contributed by atoms with Gasteiger partial charge in [-0.3, -0.25) is 4.79 Å². The Morgan fingerprint density at radius 1 is 1.28 bits per heavy atom. The molecule has 0 heterocycles. The number of allylic oxidation sites excluding steroid dienone is 6. The van der Waals surface area contributed by atoms with Crippen molar-refractivity contribution in [3.8, 4) is 5.75 Å². The summed E-state index contributed by atoms with van der Waals surface area (Å²) < 4.78 is 0. The van der Waals surface area contributed by atoms with Gasteiger partial charge in [-0.1, -0.05) is 37.3 Å². The molecule has 2 heteroatoms. The monoisotopic (exact) mass is 240 g/mol. The molecule has 0 spiro atoms. The van der Waals surface area contributed by atoms with E-state index in [1.807, 2.05) is 18.2 Å². The van der Waals surface area contributed by atoms with Crippen molar-refractivity contribution >= 4 is 11.9 Å². The van der Waals surface area contributed by atoms with Crippen molar-refractivity contribution in [3.05, 3.63) is 59.2 Å². The van der Waals surface area contributed by atoms with Crippen molar-refractivity contribution in [3.63, 3.8) is 0 Å². The first-order valence-electron chi connectivity index (χ1n) is 5.97. The molecule has 18 heavy (non-hydrogen) atoms. The summed E-state index contributed by atoms with van der Waals surface area (Å²) in [5.74, 6) is 0.607. The van der Waals surface area contributed by atoms with Crippen molar-refractivity contribution < 1.29 is 9.90 Å². The Morgan fingerprint density at radius 2 is 2.06 bits per heavy atom. The van der Waals surface area contributed by atoms with Crippen molar-refractivity contribution in [1.82, 2.24) is 0 Å². The summed E-state index contributed by atoms with van der Waals surface area (Å²) in [6.45, 7) is 3.89. The molecule has 0 aliphatic heterocycles. The third kappa shape index (κ3) is 2.43. The molecule has 1 aliphatic rings. The van der Waals surface area contributed by atoms with Gasteiger partial charge in [0, 0.05) is 11.1 Å². The maximum absolute atomic E-state index is 10.9. The molecule has 1 aromatic rings. The van der Waals surface area contributed by atoms with Gasteiger partial charge in [0.05, 0.1) is 0 Å². The zero-order valence-electron chi connectivity index (χ0n) is 10.6. The van der Waals surface area contributed by atoms with E-state index in [1.54, 1.807) is 19.1 Å². The fraction of sp³-hybridized carbons (Fsp3) is 0.188. The molecule has 92 valence electrons. The number of hydrogen-bond acceptors (Lipinski definition) is 2. The Balaban J connectivity index is 2.54. The number of carbonyl (C=O) groups excluding carboxylic acids is 1. The maximum Gasteiger partial charge on any atom is 0.150 e. The number of aryl methyl sites for hydroxylation is 1. The van der Waals surface area contributed by atoms with Crippen LogP contribution in [0.1, 0.15) is 28.4 Å². The summed E-state index contributed by atoms with van der Waals surface area (Å²) >= 11 is 0. The summed E-state index contributed by atoms with van der Waals surface area (Å²) in [7, 11) is 0. The topological polar surface area (TPSA) is 37.3 Å². The van der Waals surface area contributed by atoms with Gasteiger partial charge < -0.3 is 5.11 Å². The van der Waals surface area contributed by atoms with E-state index in [1.165, 1.54) is 0 Å². The summed E-state index contributed by atoms with van der Waals surface area (Å²) in [5.41, 5.74) is 2.91. The van der Waals surface area contributed by atoms with E-state index < -0.39 is 0 Å². The highest BCUT2D eigenvalue weighted by Crippen LogP contribution is 2.31. The van der Waals surface area contributed by atoms with E-state index in [4.69, 9.17) is 0 Å². The number of aldehydes is 1. The highest BCUT2D eigenvalue weighted by molar-refractivity contribution is 5.85. The summed E-state index contributed by atoms with van der Waals surface area (Å²) in [6, 6.07) is 3.40. The molecule has 2 nitrogen and oxygen atoms in total. The molecule has 1 atom stereocenters. The summed E-state index contributed by atoms with van der Waals surface area (Å²) in [5, 5.41) is 10.1. The van der Waals surface area contributed by atoms with Gasteiger partial charge >= 0.3 is 0 Å². The Hall–Kier alpha value is -2.09. The number of hydrogen-bond donors (Lipinski definition) is 1. The Labute approximate surface area is 107 Å². The minimum Gasteiger partial charge on any atom is -0.507 e. The molecule has 1 N–H and O–H groups in total. The molecule has 0 saturated heterocycles. The molecule has 0 aromatic heterocycles.